The number of allylic oxidation sites excluding steroid dienone is 2. The topological polar surface area (TPSA) is 76.1 Å². The Balaban J connectivity index is 1.13. The Kier molecular flexibility index (Phi) is 5.95. The molecule has 0 amide bonds. The van der Waals surface area contributed by atoms with Crippen molar-refractivity contribution in [3.63, 3.8) is 0 Å². The van der Waals surface area contributed by atoms with Crippen molar-refractivity contribution in [2.75, 3.05) is 13.1 Å². The molecule has 0 spiro atoms. The standard InChI is InChI=1S/C30H43NO5/c1-17-7-5-9-29(3)13-25-19(11-23(17)29)21(27(32)35-25)15-31(34)16-22-20-12-24-18(2)8-6-10-30(24,4)14-26(20)36-28(22)33/h19-26,34H,1-2,5-16H2,3-4H3/t19-,20+,21-,22+,23-,24+,25+,26-,29+,30-. The zero-order valence-electron chi connectivity index (χ0n) is 22.0. The van der Waals surface area contributed by atoms with Crippen molar-refractivity contribution in [2.45, 2.75) is 90.3 Å². The van der Waals surface area contributed by atoms with Crippen LogP contribution in [0.15, 0.2) is 24.3 Å². The summed E-state index contributed by atoms with van der Waals surface area (Å²) in [6.45, 7) is 13.8. The Hall–Kier alpha value is -1.66. The Labute approximate surface area is 215 Å². The lowest BCUT2D eigenvalue weighted by Gasteiger charge is -2.50. The van der Waals surface area contributed by atoms with Crippen LogP contribution in [0, 0.1) is 46.3 Å². The summed E-state index contributed by atoms with van der Waals surface area (Å²) >= 11 is 0. The van der Waals surface area contributed by atoms with Gasteiger partial charge in [-0.05, 0) is 86.9 Å². The maximum Gasteiger partial charge on any atom is 0.311 e. The molecule has 10 atom stereocenters. The first-order valence-corrected chi connectivity index (χ1v) is 14.3. The van der Waals surface area contributed by atoms with Gasteiger partial charge in [0.15, 0.2) is 0 Å². The normalized spacial score (nSPS) is 48.1. The number of carbonyl (C=O) groups excluding carboxylic acids is 2. The Morgan fingerprint density at radius 1 is 0.833 bits per heavy atom. The van der Waals surface area contributed by atoms with Gasteiger partial charge >= 0.3 is 11.9 Å². The molecule has 36 heavy (non-hydrogen) atoms. The van der Waals surface area contributed by atoms with E-state index in [1.54, 1.807) is 0 Å². The second-order valence-electron chi connectivity index (χ2n) is 13.7. The molecular formula is C30H43NO5. The zero-order chi connectivity index (χ0) is 25.4. The molecule has 0 bridgehead atoms. The summed E-state index contributed by atoms with van der Waals surface area (Å²) in [7, 11) is 0. The average molecular weight is 498 g/mol. The number of fused-ring (bicyclic) bond motifs is 4. The lowest BCUT2D eigenvalue weighted by molar-refractivity contribution is -0.155. The van der Waals surface area contributed by atoms with Gasteiger partial charge in [-0.1, -0.05) is 38.2 Å². The van der Waals surface area contributed by atoms with Crippen LogP contribution in [0.1, 0.15) is 78.1 Å². The molecule has 4 aliphatic carbocycles. The van der Waals surface area contributed by atoms with Crippen LogP contribution in [-0.4, -0.2) is 47.5 Å². The predicted octanol–water partition coefficient (Wildman–Crippen LogP) is 5.31. The van der Waals surface area contributed by atoms with Crippen molar-refractivity contribution in [1.29, 1.82) is 0 Å². The molecule has 0 aromatic carbocycles. The van der Waals surface area contributed by atoms with E-state index in [1.165, 1.54) is 16.2 Å². The smallest absolute Gasteiger partial charge is 0.311 e. The van der Waals surface area contributed by atoms with Gasteiger partial charge in [-0.25, -0.2) is 0 Å². The van der Waals surface area contributed by atoms with Gasteiger partial charge < -0.3 is 14.7 Å². The van der Waals surface area contributed by atoms with Gasteiger partial charge in [0, 0.05) is 24.9 Å². The zero-order valence-corrected chi connectivity index (χ0v) is 22.0. The van der Waals surface area contributed by atoms with Crippen molar-refractivity contribution in [1.82, 2.24) is 5.06 Å². The number of ether oxygens (including phenoxy) is 2. The molecule has 1 N–H and O–H groups in total. The number of nitrogens with zero attached hydrogens (tertiary/aromatic N) is 1. The summed E-state index contributed by atoms with van der Waals surface area (Å²) in [6.07, 6.45) is 10.2. The molecule has 6 nitrogen and oxygen atoms in total. The molecule has 6 fully saturated rings. The van der Waals surface area contributed by atoms with E-state index < -0.39 is 0 Å². The molecule has 0 aromatic heterocycles. The van der Waals surface area contributed by atoms with E-state index in [2.05, 4.69) is 27.0 Å². The van der Waals surface area contributed by atoms with Crippen molar-refractivity contribution < 1.29 is 24.3 Å². The van der Waals surface area contributed by atoms with Crippen LogP contribution in [-0.2, 0) is 19.1 Å². The van der Waals surface area contributed by atoms with Crippen LogP contribution in [0.3, 0.4) is 0 Å². The number of carbonyl (C=O) groups is 2. The van der Waals surface area contributed by atoms with Gasteiger partial charge in [0.2, 0.25) is 0 Å². The average Bonchev–Trinajstić information content (AvgIpc) is 3.25. The fourth-order valence-electron chi connectivity index (χ4n) is 9.46. The predicted molar refractivity (Wildman–Crippen MR) is 135 cm³/mol. The van der Waals surface area contributed by atoms with Gasteiger partial charge in [0.05, 0.1) is 11.8 Å². The summed E-state index contributed by atoms with van der Waals surface area (Å²) in [5.74, 6) is -0.0784. The lowest BCUT2D eigenvalue weighted by atomic mass is 9.55. The first kappa shape index (κ1) is 24.7. The Morgan fingerprint density at radius 3 is 1.67 bits per heavy atom. The quantitative estimate of drug-likeness (QED) is 0.322. The third-order valence-corrected chi connectivity index (χ3v) is 11.5. The van der Waals surface area contributed by atoms with Crippen molar-refractivity contribution in [3.05, 3.63) is 24.3 Å². The third-order valence-electron chi connectivity index (χ3n) is 11.5. The molecule has 4 saturated carbocycles. The highest BCUT2D eigenvalue weighted by Crippen LogP contribution is 2.58. The number of esters is 2. The molecule has 2 saturated heterocycles. The molecule has 2 heterocycles. The maximum absolute atomic E-state index is 12.9. The summed E-state index contributed by atoms with van der Waals surface area (Å²) < 4.78 is 11.8. The van der Waals surface area contributed by atoms with E-state index in [1.807, 2.05) is 0 Å². The van der Waals surface area contributed by atoms with Crippen molar-refractivity contribution >= 4 is 11.9 Å². The lowest BCUT2D eigenvalue weighted by Crippen LogP contribution is -2.47. The summed E-state index contributed by atoms with van der Waals surface area (Å²) in [5.41, 5.74) is 2.95. The largest absolute Gasteiger partial charge is 0.462 e. The number of hydrogen-bond donors (Lipinski definition) is 1. The van der Waals surface area contributed by atoms with Crippen LogP contribution in [0.5, 0.6) is 0 Å². The van der Waals surface area contributed by atoms with E-state index in [0.29, 0.717) is 11.8 Å². The van der Waals surface area contributed by atoms with Gasteiger partial charge in [-0.3, -0.25) is 9.59 Å². The van der Waals surface area contributed by atoms with Crippen molar-refractivity contribution in [3.8, 4) is 0 Å². The molecule has 0 unspecified atom stereocenters. The summed E-state index contributed by atoms with van der Waals surface area (Å²) in [4.78, 5) is 25.9. The Morgan fingerprint density at radius 2 is 1.25 bits per heavy atom. The molecule has 0 radical (unpaired) electrons. The first-order chi connectivity index (χ1) is 17.1. The maximum atomic E-state index is 12.9. The highest BCUT2D eigenvalue weighted by atomic mass is 16.6. The SMILES string of the molecule is C=C1CCC[C@@]2(C)C[C@@H]3OC(=O)[C@H](CN(O)C[C@@H]4C(=O)O[C@@H]5C[C@@]6(C)CCCC(=C)[C@@H]6C[C@@H]45)[C@H]3C[C@H]12. The highest BCUT2D eigenvalue weighted by molar-refractivity contribution is 5.76. The van der Waals surface area contributed by atoms with Crippen molar-refractivity contribution in [2.24, 2.45) is 46.3 Å². The van der Waals surface area contributed by atoms with Crippen LogP contribution in [0.25, 0.3) is 0 Å². The molecule has 198 valence electrons. The molecule has 2 aliphatic heterocycles. The van der Waals surface area contributed by atoms with Crippen LogP contribution >= 0.6 is 0 Å². The van der Waals surface area contributed by atoms with E-state index in [0.717, 1.165) is 64.2 Å². The van der Waals surface area contributed by atoms with Crippen LogP contribution in [0.2, 0.25) is 0 Å². The summed E-state index contributed by atoms with van der Waals surface area (Å²) in [5, 5.41) is 12.3. The number of hydrogen-bond acceptors (Lipinski definition) is 6. The van der Waals surface area contributed by atoms with E-state index >= 15 is 0 Å². The van der Waals surface area contributed by atoms with Gasteiger partial charge in [0.1, 0.15) is 12.2 Å². The minimum absolute atomic E-state index is 0.0720. The molecular weight excluding hydrogens is 454 g/mol. The first-order valence-electron chi connectivity index (χ1n) is 14.3. The number of hydroxylamine groups is 2. The molecule has 6 heteroatoms. The van der Waals surface area contributed by atoms with Crippen LogP contribution in [0.4, 0.5) is 0 Å². The number of rotatable bonds is 4. The molecule has 6 rings (SSSR count). The molecule has 0 aromatic rings. The Bertz CT molecular complexity index is 900. The van der Waals surface area contributed by atoms with Gasteiger partial charge in [-0.15, -0.1) is 0 Å². The van der Waals surface area contributed by atoms with E-state index in [9.17, 15) is 14.8 Å². The fourth-order valence-corrected chi connectivity index (χ4v) is 9.46. The summed E-state index contributed by atoms with van der Waals surface area (Å²) in [6, 6.07) is 0. The minimum Gasteiger partial charge on any atom is -0.462 e. The van der Waals surface area contributed by atoms with E-state index in [4.69, 9.17) is 9.47 Å². The second kappa shape index (κ2) is 8.69. The second-order valence-corrected chi connectivity index (χ2v) is 13.7. The minimum atomic E-state index is -0.361. The highest BCUT2D eigenvalue weighted by Gasteiger charge is 2.57. The van der Waals surface area contributed by atoms with Gasteiger partial charge in [0.25, 0.3) is 0 Å². The van der Waals surface area contributed by atoms with Crippen LogP contribution < -0.4 is 0 Å². The fraction of sp³-hybridized carbons (Fsp3) is 0.800. The monoisotopic (exact) mass is 497 g/mol. The van der Waals surface area contributed by atoms with E-state index in [-0.39, 0.29) is 71.7 Å². The molecule has 6 aliphatic rings. The van der Waals surface area contributed by atoms with Gasteiger partial charge in [-0.2, -0.15) is 5.06 Å². The third kappa shape index (κ3) is 3.89.